The van der Waals surface area contributed by atoms with Gasteiger partial charge >= 0.3 is 0 Å². The lowest BCUT2D eigenvalue weighted by Gasteiger charge is -2.23. The van der Waals surface area contributed by atoms with E-state index in [4.69, 9.17) is 0 Å². The van der Waals surface area contributed by atoms with Crippen molar-refractivity contribution in [2.24, 2.45) is 5.92 Å². The van der Waals surface area contributed by atoms with Crippen molar-refractivity contribution in [3.8, 4) is 0 Å². The summed E-state index contributed by atoms with van der Waals surface area (Å²) < 4.78 is 0. The highest BCUT2D eigenvalue weighted by molar-refractivity contribution is 5.93. The predicted octanol–water partition coefficient (Wildman–Crippen LogP) is 3.56. The van der Waals surface area contributed by atoms with Crippen LogP contribution in [0, 0.1) is 12.8 Å². The van der Waals surface area contributed by atoms with E-state index in [1.165, 1.54) is 0 Å². The second kappa shape index (κ2) is 7.07. The average Bonchev–Trinajstić information content (AvgIpc) is 2.36. The minimum Gasteiger partial charge on any atom is -0.344 e. The van der Waals surface area contributed by atoms with E-state index in [0.717, 1.165) is 23.3 Å². The molecule has 1 amide bonds. The van der Waals surface area contributed by atoms with Gasteiger partial charge in [0.15, 0.2) is 0 Å². The van der Waals surface area contributed by atoms with Crippen LogP contribution in [0.5, 0.6) is 0 Å². The van der Waals surface area contributed by atoms with Crippen molar-refractivity contribution in [3.63, 3.8) is 0 Å². The monoisotopic (exact) mass is 260 g/mol. The largest absolute Gasteiger partial charge is 0.344 e. The average molecular weight is 260 g/mol. The number of aromatic nitrogens is 1. The fourth-order valence-electron chi connectivity index (χ4n) is 2.03. The summed E-state index contributed by atoms with van der Waals surface area (Å²) in [6, 6.07) is 3.90. The van der Waals surface area contributed by atoms with Gasteiger partial charge in [0.05, 0.1) is 11.7 Å². The molecule has 3 heteroatoms. The third-order valence-corrected chi connectivity index (χ3v) is 3.17. The van der Waals surface area contributed by atoms with Gasteiger partial charge in [-0.05, 0) is 37.8 Å². The number of rotatable bonds is 5. The summed E-state index contributed by atoms with van der Waals surface area (Å²) in [7, 11) is 0. The van der Waals surface area contributed by atoms with Crippen LogP contribution in [0.2, 0.25) is 0 Å². The molecule has 0 fully saturated rings. The summed E-state index contributed by atoms with van der Waals surface area (Å²) in [4.78, 5) is 16.5. The van der Waals surface area contributed by atoms with E-state index in [0.29, 0.717) is 5.92 Å². The van der Waals surface area contributed by atoms with Crippen molar-refractivity contribution < 1.29 is 4.79 Å². The molecular weight excluding hydrogens is 236 g/mol. The standard InChI is InChI=1S/C16H24N2O/c1-6-8-13(5)16(19)18-14(11(2)3)15-12(4)9-7-10-17-15/h7-11,14H,6H2,1-5H3,(H,18,19)/b13-8+/t14-/m0/s1. The Morgan fingerprint density at radius 2 is 2.16 bits per heavy atom. The molecule has 0 saturated carbocycles. The van der Waals surface area contributed by atoms with Crippen LogP contribution in [0.3, 0.4) is 0 Å². The van der Waals surface area contributed by atoms with Crippen molar-refractivity contribution in [2.75, 3.05) is 0 Å². The molecule has 1 aromatic heterocycles. The third kappa shape index (κ3) is 4.19. The number of nitrogens with one attached hydrogen (secondary N) is 1. The van der Waals surface area contributed by atoms with Gasteiger partial charge in [0.1, 0.15) is 0 Å². The van der Waals surface area contributed by atoms with Crippen molar-refractivity contribution >= 4 is 5.91 Å². The van der Waals surface area contributed by atoms with E-state index in [-0.39, 0.29) is 11.9 Å². The van der Waals surface area contributed by atoms with Gasteiger partial charge < -0.3 is 5.32 Å². The summed E-state index contributed by atoms with van der Waals surface area (Å²) in [6.45, 7) is 10.1. The molecule has 1 N–H and O–H groups in total. The van der Waals surface area contributed by atoms with E-state index in [9.17, 15) is 4.79 Å². The van der Waals surface area contributed by atoms with Gasteiger partial charge in [-0.25, -0.2) is 0 Å². The van der Waals surface area contributed by atoms with Gasteiger partial charge in [0.25, 0.3) is 0 Å². The first-order valence-corrected chi connectivity index (χ1v) is 6.86. The van der Waals surface area contributed by atoms with Crippen LogP contribution in [0.4, 0.5) is 0 Å². The molecule has 19 heavy (non-hydrogen) atoms. The quantitative estimate of drug-likeness (QED) is 0.822. The van der Waals surface area contributed by atoms with Gasteiger partial charge in [0.2, 0.25) is 5.91 Å². The smallest absolute Gasteiger partial charge is 0.247 e. The minimum atomic E-state index is -0.0473. The van der Waals surface area contributed by atoms with Crippen molar-refractivity contribution in [1.29, 1.82) is 0 Å². The predicted molar refractivity (Wildman–Crippen MR) is 78.7 cm³/mol. The highest BCUT2D eigenvalue weighted by Gasteiger charge is 2.21. The number of amides is 1. The maximum absolute atomic E-state index is 12.1. The highest BCUT2D eigenvalue weighted by Crippen LogP contribution is 2.22. The maximum atomic E-state index is 12.1. The second-order valence-corrected chi connectivity index (χ2v) is 5.20. The van der Waals surface area contributed by atoms with Gasteiger partial charge in [0, 0.05) is 11.8 Å². The van der Waals surface area contributed by atoms with Gasteiger partial charge in [-0.15, -0.1) is 0 Å². The van der Waals surface area contributed by atoms with Crippen LogP contribution < -0.4 is 5.32 Å². The molecule has 1 atom stereocenters. The number of carbonyl (C=O) groups is 1. The molecule has 0 unspecified atom stereocenters. The molecule has 104 valence electrons. The summed E-state index contributed by atoms with van der Waals surface area (Å²) in [6.07, 6.45) is 4.59. The lowest BCUT2D eigenvalue weighted by Crippen LogP contribution is -2.33. The minimum absolute atomic E-state index is 0.00870. The lowest BCUT2D eigenvalue weighted by atomic mass is 9.97. The van der Waals surface area contributed by atoms with Crippen molar-refractivity contribution in [3.05, 3.63) is 41.2 Å². The van der Waals surface area contributed by atoms with Crippen LogP contribution in [0.25, 0.3) is 0 Å². The number of hydrogen-bond donors (Lipinski definition) is 1. The van der Waals surface area contributed by atoms with E-state index in [1.807, 2.05) is 39.0 Å². The van der Waals surface area contributed by atoms with Crippen molar-refractivity contribution in [1.82, 2.24) is 10.3 Å². The Bertz CT molecular complexity index is 464. The number of allylic oxidation sites excluding steroid dienone is 1. The molecule has 0 aliphatic heterocycles. The molecular formula is C16H24N2O. The molecule has 0 aromatic carbocycles. The van der Waals surface area contributed by atoms with Crippen LogP contribution >= 0.6 is 0 Å². The lowest BCUT2D eigenvalue weighted by molar-refractivity contribution is -0.118. The molecule has 0 aliphatic rings. The molecule has 0 radical (unpaired) electrons. The normalized spacial score (nSPS) is 13.5. The van der Waals surface area contributed by atoms with E-state index >= 15 is 0 Å². The molecule has 1 heterocycles. The Kier molecular flexibility index (Phi) is 5.74. The first-order valence-electron chi connectivity index (χ1n) is 6.86. The van der Waals surface area contributed by atoms with Gasteiger partial charge in [-0.2, -0.15) is 0 Å². The molecule has 0 aliphatic carbocycles. The Hall–Kier alpha value is -1.64. The Morgan fingerprint density at radius 3 is 2.68 bits per heavy atom. The molecule has 1 aromatic rings. The zero-order chi connectivity index (χ0) is 14.4. The van der Waals surface area contributed by atoms with Gasteiger partial charge in [-0.1, -0.05) is 32.9 Å². The molecule has 0 spiro atoms. The Morgan fingerprint density at radius 1 is 1.47 bits per heavy atom. The van der Waals surface area contributed by atoms with Crippen LogP contribution in [-0.2, 0) is 4.79 Å². The molecule has 1 rings (SSSR count). The number of pyridine rings is 1. The molecule has 3 nitrogen and oxygen atoms in total. The summed E-state index contributed by atoms with van der Waals surface area (Å²) in [5.41, 5.74) is 2.83. The zero-order valence-corrected chi connectivity index (χ0v) is 12.5. The SMILES string of the molecule is CC/C=C(\C)C(=O)N[C@H](c1ncccc1C)C(C)C. The van der Waals surface area contributed by atoms with Crippen LogP contribution in [0.15, 0.2) is 30.0 Å². The first kappa shape index (κ1) is 15.4. The van der Waals surface area contributed by atoms with Crippen LogP contribution in [-0.4, -0.2) is 10.9 Å². The number of hydrogen-bond acceptors (Lipinski definition) is 2. The Balaban J connectivity index is 2.95. The fraction of sp³-hybridized carbons (Fsp3) is 0.500. The molecule has 0 bridgehead atoms. The van der Waals surface area contributed by atoms with Gasteiger partial charge in [-0.3, -0.25) is 9.78 Å². The fourth-order valence-corrected chi connectivity index (χ4v) is 2.03. The number of aryl methyl sites for hydroxylation is 1. The van der Waals surface area contributed by atoms with Crippen LogP contribution in [0.1, 0.15) is 51.4 Å². The van der Waals surface area contributed by atoms with E-state index < -0.39 is 0 Å². The molecule has 0 saturated heterocycles. The second-order valence-electron chi connectivity index (χ2n) is 5.20. The Labute approximate surface area is 116 Å². The highest BCUT2D eigenvalue weighted by atomic mass is 16.1. The van der Waals surface area contributed by atoms with E-state index in [1.54, 1.807) is 6.20 Å². The number of carbonyl (C=O) groups excluding carboxylic acids is 1. The number of nitrogens with zero attached hydrogens (tertiary/aromatic N) is 1. The van der Waals surface area contributed by atoms with E-state index in [2.05, 4.69) is 24.1 Å². The topological polar surface area (TPSA) is 42.0 Å². The summed E-state index contributed by atoms with van der Waals surface area (Å²) in [5, 5.41) is 3.09. The first-order chi connectivity index (χ1) is 8.97. The van der Waals surface area contributed by atoms with Crippen molar-refractivity contribution in [2.45, 2.75) is 47.1 Å². The third-order valence-electron chi connectivity index (χ3n) is 3.17. The summed E-state index contributed by atoms with van der Waals surface area (Å²) >= 11 is 0. The zero-order valence-electron chi connectivity index (χ0n) is 12.5. The maximum Gasteiger partial charge on any atom is 0.247 e. The summed E-state index contributed by atoms with van der Waals surface area (Å²) in [5.74, 6) is 0.289.